The topological polar surface area (TPSA) is 73.1 Å². The average molecular weight is 290 g/mol. The van der Waals surface area contributed by atoms with Crippen LogP contribution in [0.15, 0.2) is 30.3 Å². The van der Waals surface area contributed by atoms with Gasteiger partial charge in [-0.2, -0.15) is 17.0 Å². The number of thioether (sulfide) groups is 1. The molecule has 1 aromatic rings. The first-order chi connectivity index (χ1) is 9.76. The highest BCUT2D eigenvalue weighted by atomic mass is 32.2. The maximum atomic E-state index is 11.5. The van der Waals surface area contributed by atoms with Crippen LogP contribution in [0.2, 0.25) is 0 Å². The molecule has 2 N–H and O–H groups in total. The third kappa shape index (κ3) is 6.98. The largest absolute Gasteiger partial charge is 0.396 e. The Morgan fingerprint density at radius 3 is 2.75 bits per heavy atom. The highest BCUT2D eigenvalue weighted by Gasteiger charge is 1.95. The van der Waals surface area contributed by atoms with E-state index in [9.17, 15) is 4.79 Å². The third-order valence-corrected chi connectivity index (χ3v) is 3.53. The monoisotopic (exact) mass is 290 g/mol. The van der Waals surface area contributed by atoms with E-state index >= 15 is 0 Å². The zero-order chi connectivity index (χ0) is 14.6. The van der Waals surface area contributed by atoms with Gasteiger partial charge < -0.3 is 10.4 Å². The second-order valence-electron chi connectivity index (χ2n) is 4.05. The van der Waals surface area contributed by atoms with Crippen molar-refractivity contribution in [2.45, 2.75) is 6.42 Å². The number of aliphatic hydroxyl groups excluding tert-OH is 1. The van der Waals surface area contributed by atoms with Gasteiger partial charge in [-0.15, -0.1) is 0 Å². The molecule has 0 aliphatic carbocycles. The molecule has 0 bridgehead atoms. The van der Waals surface area contributed by atoms with Crippen LogP contribution in [0.25, 0.3) is 6.08 Å². The van der Waals surface area contributed by atoms with Crippen molar-refractivity contribution in [2.75, 3.05) is 24.7 Å². The number of nitriles is 1. The Balaban J connectivity index is 2.24. The van der Waals surface area contributed by atoms with Gasteiger partial charge in [-0.05, 0) is 35.9 Å². The summed E-state index contributed by atoms with van der Waals surface area (Å²) in [7, 11) is 0. The summed E-state index contributed by atoms with van der Waals surface area (Å²) in [6, 6.07) is 9.08. The first kappa shape index (κ1) is 16.3. The van der Waals surface area contributed by atoms with E-state index in [1.807, 2.05) is 6.07 Å². The molecule has 0 aromatic heterocycles. The molecule has 0 aliphatic heterocycles. The molecule has 0 saturated heterocycles. The van der Waals surface area contributed by atoms with Gasteiger partial charge in [0.2, 0.25) is 5.91 Å². The van der Waals surface area contributed by atoms with E-state index in [-0.39, 0.29) is 12.5 Å². The minimum Gasteiger partial charge on any atom is -0.396 e. The molecule has 1 aromatic carbocycles. The van der Waals surface area contributed by atoms with Gasteiger partial charge in [-0.3, -0.25) is 4.79 Å². The van der Waals surface area contributed by atoms with Crippen molar-refractivity contribution >= 4 is 23.7 Å². The molecular formula is C15H18N2O2S. The van der Waals surface area contributed by atoms with E-state index < -0.39 is 0 Å². The van der Waals surface area contributed by atoms with Crippen molar-refractivity contribution in [1.29, 1.82) is 5.26 Å². The summed E-state index contributed by atoms with van der Waals surface area (Å²) in [5.74, 6) is 1.63. The molecule has 0 unspecified atom stereocenters. The predicted molar refractivity (Wildman–Crippen MR) is 82.2 cm³/mol. The normalized spacial score (nSPS) is 10.4. The van der Waals surface area contributed by atoms with Crippen LogP contribution in [-0.2, 0) is 4.79 Å². The molecule has 0 heterocycles. The maximum Gasteiger partial charge on any atom is 0.244 e. The Morgan fingerprint density at radius 2 is 2.10 bits per heavy atom. The van der Waals surface area contributed by atoms with Crippen molar-refractivity contribution in [3.05, 3.63) is 41.5 Å². The minimum atomic E-state index is -0.128. The Morgan fingerprint density at radius 1 is 1.35 bits per heavy atom. The molecule has 0 atom stereocenters. The number of aliphatic hydroxyl groups is 1. The molecule has 0 radical (unpaired) electrons. The van der Waals surface area contributed by atoms with Crippen LogP contribution >= 0.6 is 11.8 Å². The second kappa shape index (κ2) is 10.1. The Hall–Kier alpha value is -1.77. The molecule has 0 fully saturated rings. The van der Waals surface area contributed by atoms with Gasteiger partial charge in [0.05, 0.1) is 11.6 Å². The quantitative estimate of drug-likeness (QED) is 0.565. The number of carbonyl (C=O) groups is 1. The summed E-state index contributed by atoms with van der Waals surface area (Å²) >= 11 is 1.71. The van der Waals surface area contributed by atoms with Gasteiger partial charge in [0.25, 0.3) is 0 Å². The lowest BCUT2D eigenvalue weighted by atomic mass is 10.1. The second-order valence-corrected chi connectivity index (χ2v) is 5.27. The lowest BCUT2D eigenvalue weighted by Gasteiger charge is -2.01. The number of nitrogens with one attached hydrogen (secondary N) is 1. The summed E-state index contributed by atoms with van der Waals surface area (Å²) in [5.41, 5.74) is 1.49. The van der Waals surface area contributed by atoms with Crippen LogP contribution < -0.4 is 5.32 Å². The lowest BCUT2D eigenvalue weighted by Crippen LogP contribution is -2.23. The highest BCUT2D eigenvalue weighted by Crippen LogP contribution is 2.05. The van der Waals surface area contributed by atoms with E-state index in [1.54, 1.807) is 42.1 Å². The van der Waals surface area contributed by atoms with Crippen LogP contribution in [0.3, 0.4) is 0 Å². The summed E-state index contributed by atoms with van der Waals surface area (Å²) in [4.78, 5) is 11.5. The molecule has 5 heteroatoms. The number of hydrogen-bond acceptors (Lipinski definition) is 4. The molecule has 0 saturated carbocycles. The number of rotatable bonds is 8. The summed E-state index contributed by atoms with van der Waals surface area (Å²) < 4.78 is 0. The lowest BCUT2D eigenvalue weighted by molar-refractivity contribution is -0.116. The highest BCUT2D eigenvalue weighted by molar-refractivity contribution is 7.99. The summed E-state index contributed by atoms with van der Waals surface area (Å²) in [6.07, 6.45) is 3.99. The number of nitrogens with zero attached hydrogens (tertiary/aromatic N) is 1. The minimum absolute atomic E-state index is 0.128. The average Bonchev–Trinajstić information content (AvgIpc) is 2.49. The predicted octanol–water partition coefficient (Wildman–Crippen LogP) is 1.80. The molecule has 20 heavy (non-hydrogen) atoms. The Kier molecular flexibility index (Phi) is 8.20. The van der Waals surface area contributed by atoms with Crippen molar-refractivity contribution in [3.8, 4) is 6.07 Å². The van der Waals surface area contributed by atoms with E-state index in [0.717, 1.165) is 23.5 Å². The fraction of sp³-hybridized carbons (Fsp3) is 0.333. The van der Waals surface area contributed by atoms with Crippen LogP contribution in [-0.4, -0.2) is 35.7 Å². The molecule has 106 valence electrons. The number of amides is 1. The van der Waals surface area contributed by atoms with Crippen LogP contribution in [0.1, 0.15) is 17.5 Å². The summed E-state index contributed by atoms with van der Waals surface area (Å²) in [6.45, 7) is 0.833. The summed E-state index contributed by atoms with van der Waals surface area (Å²) in [5, 5.41) is 20.1. The fourth-order valence-corrected chi connectivity index (χ4v) is 2.20. The van der Waals surface area contributed by atoms with Gasteiger partial charge >= 0.3 is 0 Å². The van der Waals surface area contributed by atoms with Crippen molar-refractivity contribution in [1.82, 2.24) is 5.32 Å². The molecular weight excluding hydrogens is 272 g/mol. The van der Waals surface area contributed by atoms with E-state index in [1.165, 1.54) is 6.08 Å². The van der Waals surface area contributed by atoms with E-state index in [2.05, 4.69) is 5.32 Å². The van der Waals surface area contributed by atoms with Gasteiger partial charge in [-0.25, -0.2) is 0 Å². The van der Waals surface area contributed by atoms with Crippen molar-refractivity contribution < 1.29 is 9.90 Å². The van der Waals surface area contributed by atoms with Gasteiger partial charge in [-0.1, -0.05) is 12.1 Å². The Bertz CT molecular complexity index is 478. The van der Waals surface area contributed by atoms with Gasteiger partial charge in [0, 0.05) is 25.0 Å². The molecule has 0 aliphatic rings. The maximum absolute atomic E-state index is 11.5. The van der Waals surface area contributed by atoms with Gasteiger partial charge in [0.1, 0.15) is 0 Å². The Labute approximate surface area is 123 Å². The molecule has 1 amide bonds. The van der Waals surface area contributed by atoms with Gasteiger partial charge in [0.15, 0.2) is 0 Å². The third-order valence-electron chi connectivity index (χ3n) is 2.46. The van der Waals surface area contributed by atoms with Crippen LogP contribution in [0, 0.1) is 11.3 Å². The molecule has 1 rings (SSSR count). The number of hydrogen-bond donors (Lipinski definition) is 2. The first-order valence-corrected chi connectivity index (χ1v) is 7.56. The zero-order valence-electron chi connectivity index (χ0n) is 11.2. The zero-order valence-corrected chi connectivity index (χ0v) is 12.0. The standard InChI is InChI=1S/C15H18N2O2S/c16-12-14-4-2-13(3-5-14)6-7-15(19)17-8-11-20-10-1-9-18/h2-7,18H,1,8-11H2,(H,17,19)/b7-6+. The molecule has 4 nitrogen and oxygen atoms in total. The van der Waals surface area contributed by atoms with E-state index in [0.29, 0.717) is 12.1 Å². The fourth-order valence-electron chi connectivity index (χ4n) is 1.41. The molecule has 0 spiro atoms. The first-order valence-electron chi connectivity index (χ1n) is 6.41. The van der Waals surface area contributed by atoms with Crippen molar-refractivity contribution in [2.24, 2.45) is 0 Å². The van der Waals surface area contributed by atoms with Crippen LogP contribution in [0.5, 0.6) is 0 Å². The van der Waals surface area contributed by atoms with E-state index in [4.69, 9.17) is 10.4 Å². The SMILES string of the molecule is N#Cc1ccc(/C=C/C(=O)NCCSCCCO)cc1. The van der Waals surface area contributed by atoms with Crippen molar-refractivity contribution in [3.63, 3.8) is 0 Å². The number of carbonyl (C=O) groups excluding carboxylic acids is 1. The number of benzene rings is 1. The van der Waals surface area contributed by atoms with Crippen LogP contribution in [0.4, 0.5) is 0 Å². The smallest absolute Gasteiger partial charge is 0.244 e.